The molecule has 1 N–H and O–H groups in total. The highest BCUT2D eigenvalue weighted by molar-refractivity contribution is 5.85. The summed E-state index contributed by atoms with van der Waals surface area (Å²) in [5.74, 6) is 0.922. The van der Waals surface area contributed by atoms with E-state index in [1.807, 2.05) is 19.2 Å². The molecule has 0 aliphatic heterocycles. The topological polar surface area (TPSA) is 21.3 Å². The number of hydrogen-bond donors (Lipinski definition) is 1. The van der Waals surface area contributed by atoms with Gasteiger partial charge in [0.15, 0.2) is 0 Å². The maximum atomic E-state index is 5.17. The van der Waals surface area contributed by atoms with Crippen molar-refractivity contribution in [2.24, 2.45) is 0 Å². The van der Waals surface area contributed by atoms with Crippen LogP contribution in [0, 0.1) is 0 Å². The minimum atomic E-state index is 0. The third-order valence-electron chi connectivity index (χ3n) is 2.25. The summed E-state index contributed by atoms with van der Waals surface area (Å²) in [4.78, 5) is 0. The Labute approximate surface area is 92.1 Å². The second-order valence-corrected chi connectivity index (χ2v) is 3.03. The quantitative estimate of drug-likeness (QED) is 0.834. The average molecular weight is 216 g/mol. The first-order chi connectivity index (χ1) is 6.31. The first-order valence-electron chi connectivity index (χ1n) is 4.63. The molecule has 0 radical (unpaired) electrons. The van der Waals surface area contributed by atoms with Crippen LogP contribution in [0.3, 0.4) is 0 Å². The normalized spacial score (nSPS) is 11.6. The monoisotopic (exact) mass is 215 g/mol. The number of rotatable bonds is 4. The fourth-order valence-electron chi connectivity index (χ4n) is 1.46. The molecule has 14 heavy (non-hydrogen) atoms. The van der Waals surface area contributed by atoms with E-state index in [1.54, 1.807) is 7.11 Å². The summed E-state index contributed by atoms with van der Waals surface area (Å²) in [6, 6.07) is 8.60. The highest BCUT2D eigenvalue weighted by Gasteiger charge is 2.06. The lowest BCUT2D eigenvalue weighted by Gasteiger charge is -2.14. The van der Waals surface area contributed by atoms with Gasteiger partial charge in [0.2, 0.25) is 0 Å². The Bertz CT molecular complexity index is 261. The van der Waals surface area contributed by atoms with Crippen LogP contribution < -0.4 is 10.1 Å². The SMILES string of the molecule is CCC(NC)c1cccc(OC)c1.Cl. The lowest BCUT2D eigenvalue weighted by atomic mass is 10.0. The predicted molar refractivity (Wildman–Crippen MR) is 62.3 cm³/mol. The van der Waals surface area contributed by atoms with Crippen molar-refractivity contribution in [3.05, 3.63) is 29.8 Å². The summed E-state index contributed by atoms with van der Waals surface area (Å²) in [6.07, 6.45) is 1.09. The maximum absolute atomic E-state index is 5.17. The minimum absolute atomic E-state index is 0. The number of ether oxygens (including phenoxy) is 1. The van der Waals surface area contributed by atoms with E-state index >= 15 is 0 Å². The summed E-state index contributed by atoms with van der Waals surface area (Å²) in [6.45, 7) is 2.17. The second-order valence-electron chi connectivity index (χ2n) is 3.03. The summed E-state index contributed by atoms with van der Waals surface area (Å²) in [7, 11) is 3.67. The highest BCUT2D eigenvalue weighted by atomic mass is 35.5. The molecule has 0 amide bonds. The molecule has 0 aromatic heterocycles. The smallest absolute Gasteiger partial charge is 0.119 e. The van der Waals surface area contributed by atoms with Crippen LogP contribution in [0.15, 0.2) is 24.3 Å². The second kappa shape index (κ2) is 6.68. The Morgan fingerprint density at radius 2 is 2.14 bits per heavy atom. The summed E-state index contributed by atoms with van der Waals surface area (Å²) < 4.78 is 5.17. The molecule has 1 atom stereocenters. The van der Waals surface area contributed by atoms with Crippen LogP contribution >= 0.6 is 12.4 Å². The molecule has 0 bridgehead atoms. The van der Waals surface area contributed by atoms with Gasteiger partial charge in [0.1, 0.15) is 5.75 Å². The van der Waals surface area contributed by atoms with Crippen LogP contribution in [-0.2, 0) is 0 Å². The van der Waals surface area contributed by atoms with Crippen molar-refractivity contribution in [2.45, 2.75) is 19.4 Å². The van der Waals surface area contributed by atoms with Crippen LogP contribution in [0.1, 0.15) is 24.9 Å². The van der Waals surface area contributed by atoms with E-state index in [9.17, 15) is 0 Å². The predicted octanol–water partition coefficient (Wildman–Crippen LogP) is 2.79. The van der Waals surface area contributed by atoms with Crippen LogP contribution in [0.2, 0.25) is 0 Å². The number of methoxy groups -OCH3 is 1. The molecule has 1 aromatic carbocycles. The molecular weight excluding hydrogens is 198 g/mol. The molecule has 80 valence electrons. The summed E-state index contributed by atoms with van der Waals surface area (Å²) in [5, 5.41) is 3.26. The van der Waals surface area contributed by atoms with Gasteiger partial charge in [0.05, 0.1) is 7.11 Å². The highest BCUT2D eigenvalue weighted by Crippen LogP contribution is 2.20. The largest absolute Gasteiger partial charge is 0.497 e. The summed E-state index contributed by atoms with van der Waals surface area (Å²) >= 11 is 0. The molecular formula is C11H18ClNO. The van der Waals surface area contributed by atoms with Crippen molar-refractivity contribution < 1.29 is 4.74 Å². The molecule has 3 heteroatoms. The number of hydrogen-bond acceptors (Lipinski definition) is 2. The maximum Gasteiger partial charge on any atom is 0.119 e. The van der Waals surface area contributed by atoms with Crippen molar-refractivity contribution >= 4 is 12.4 Å². The molecule has 0 spiro atoms. The Morgan fingerprint density at radius 1 is 1.43 bits per heavy atom. The van der Waals surface area contributed by atoms with Gasteiger partial charge in [-0.15, -0.1) is 12.4 Å². The van der Waals surface area contributed by atoms with Gasteiger partial charge in [-0.3, -0.25) is 0 Å². The molecule has 0 saturated heterocycles. The molecule has 1 aromatic rings. The molecule has 1 unspecified atom stereocenters. The van der Waals surface area contributed by atoms with E-state index in [0.717, 1.165) is 12.2 Å². The van der Waals surface area contributed by atoms with Gasteiger partial charge in [0.25, 0.3) is 0 Å². The zero-order chi connectivity index (χ0) is 9.68. The van der Waals surface area contributed by atoms with Crippen LogP contribution in [-0.4, -0.2) is 14.2 Å². The van der Waals surface area contributed by atoms with E-state index in [0.29, 0.717) is 6.04 Å². The van der Waals surface area contributed by atoms with Gasteiger partial charge in [-0.05, 0) is 31.2 Å². The lowest BCUT2D eigenvalue weighted by molar-refractivity contribution is 0.413. The van der Waals surface area contributed by atoms with Crippen molar-refractivity contribution in [2.75, 3.05) is 14.2 Å². The van der Waals surface area contributed by atoms with Gasteiger partial charge in [0, 0.05) is 6.04 Å². The molecule has 0 heterocycles. The third-order valence-corrected chi connectivity index (χ3v) is 2.25. The number of benzene rings is 1. The average Bonchev–Trinajstić information content (AvgIpc) is 2.20. The van der Waals surface area contributed by atoms with Crippen LogP contribution in [0.25, 0.3) is 0 Å². The first kappa shape index (κ1) is 13.3. The Kier molecular flexibility index (Phi) is 6.34. The fourth-order valence-corrected chi connectivity index (χ4v) is 1.46. The van der Waals surface area contributed by atoms with E-state index in [4.69, 9.17) is 4.74 Å². The van der Waals surface area contributed by atoms with E-state index < -0.39 is 0 Å². The van der Waals surface area contributed by atoms with Crippen molar-refractivity contribution in [3.63, 3.8) is 0 Å². The van der Waals surface area contributed by atoms with Gasteiger partial charge in [-0.1, -0.05) is 19.1 Å². The molecule has 0 aliphatic rings. The van der Waals surface area contributed by atoms with Crippen LogP contribution in [0.5, 0.6) is 5.75 Å². The number of nitrogens with one attached hydrogen (secondary N) is 1. The van der Waals surface area contributed by atoms with Gasteiger partial charge < -0.3 is 10.1 Å². The Morgan fingerprint density at radius 3 is 2.64 bits per heavy atom. The van der Waals surface area contributed by atoms with E-state index in [-0.39, 0.29) is 12.4 Å². The van der Waals surface area contributed by atoms with Gasteiger partial charge >= 0.3 is 0 Å². The van der Waals surface area contributed by atoms with Gasteiger partial charge in [-0.25, -0.2) is 0 Å². The molecule has 0 aliphatic carbocycles. The molecule has 0 saturated carbocycles. The molecule has 2 nitrogen and oxygen atoms in total. The van der Waals surface area contributed by atoms with E-state index in [2.05, 4.69) is 24.4 Å². The minimum Gasteiger partial charge on any atom is -0.497 e. The lowest BCUT2D eigenvalue weighted by Crippen LogP contribution is -2.14. The van der Waals surface area contributed by atoms with Crippen molar-refractivity contribution in [1.29, 1.82) is 0 Å². The fraction of sp³-hybridized carbons (Fsp3) is 0.455. The van der Waals surface area contributed by atoms with Gasteiger partial charge in [-0.2, -0.15) is 0 Å². The standard InChI is InChI=1S/C11H17NO.ClH/c1-4-11(12-2)9-6-5-7-10(8-9)13-3;/h5-8,11-12H,4H2,1-3H3;1H. The third kappa shape index (κ3) is 3.20. The van der Waals surface area contributed by atoms with Crippen molar-refractivity contribution in [1.82, 2.24) is 5.32 Å². The van der Waals surface area contributed by atoms with Crippen LogP contribution in [0.4, 0.5) is 0 Å². The molecule has 0 fully saturated rings. The van der Waals surface area contributed by atoms with Crippen molar-refractivity contribution in [3.8, 4) is 5.75 Å². The Hall–Kier alpha value is -0.730. The molecule has 1 rings (SSSR count). The zero-order valence-corrected chi connectivity index (χ0v) is 9.73. The number of halogens is 1. The summed E-state index contributed by atoms with van der Waals surface area (Å²) in [5.41, 5.74) is 1.28. The zero-order valence-electron chi connectivity index (χ0n) is 8.91. The Balaban J connectivity index is 0.00000169. The van der Waals surface area contributed by atoms with E-state index in [1.165, 1.54) is 5.56 Å². The first-order valence-corrected chi connectivity index (χ1v) is 4.63.